The number of hydrogen-bond acceptors (Lipinski definition) is 26. The number of benzene rings is 6. The molecule has 2 fully saturated rings. The standard InChI is InChI=1S/C88H96N6O18S2/c1-5-79(95)105-53-21-11-9-19-51-103-69-39-43-71(44-40-69)109-83(99)61-29-33-63(34-30-61)85(101)111-75-47-37-65(57-67(75)59-89-93(49-17-23-55-107-81(97)7-3)87-91-73-25-13-15-27-77(73)113-87)66-38-48-76(68(58-66)60-90-94(50-18-24-56-108-82(98)8-4)88-92-74-26-14-16-28-78(74)114-88)112-86(102)64-35-31-62(32-36-64)84(100)110-72-45-41-70(42-46-72)104-52-20-10-12-22-54-106-80(96)6-2/h5-8,13-16,25-28,37-48,57-64H,1-4,9-12,17-24,29-36,49-56H2/b89-59+,90-60+. The minimum Gasteiger partial charge on any atom is -0.494 e. The van der Waals surface area contributed by atoms with Gasteiger partial charge in [-0.3, -0.25) is 19.2 Å². The van der Waals surface area contributed by atoms with Crippen molar-refractivity contribution in [2.75, 3.05) is 62.7 Å². The first-order chi connectivity index (χ1) is 55.6. The lowest BCUT2D eigenvalue weighted by Gasteiger charge is -2.26. The van der Waals surface area contributed by atoms with Crippen LogP contribution in [0.3, 0.4) is 0 Å². The van der Waals surface area contributed by atoms with Gasteiger partial charge in [-0.05, 0) is 237 Å². The largest absolute Gasteiger partial charge is 0.494 e. The van der Waals surface area contributed by atoms with E-state index in [2.05, 4.69) is 26.3 Å². The summed E-state index contributed by atoms with van der Waals surface area (Å²) in [6.07, 6.45) is 19.7. The SMILES string of the molecule is C=CC(=O)OCCCCCCOc1ccc(OC(=O)C2CCC(C(=O)Oc3ccc(-c4ccc(OC(=O)C5CCC(C(=O)Oc6ccc(OCCCCCCOC(=O)C=C)cc6)CC5)c(/C=N/N(CCCCOC(=O)C=C)c5nc6ccccc6s5)c4)cc3/C=N/N(CCCCOC(=O)C=C)c3nc4ccccc4s3)CC2)cc1. The Balaban J connectivity index is 0.866. The van der Waals surface area contributed by atoms with Crippen molar-refractivity contribution in [1.29, 1.82) is 0 Å². The Morgan fingerprint density at radius 3 is 1.01 bits per heavy atom. The molecule has 0 N–H and O–H groups in total. The van der Waals surface area contributed by atoms with Crippen LogP contribution >= 0.6 is 22.7 Å². The molecule has 2 aliphatic carbocycles. The topological polar surface area (TPSA) is 286 Å². The van der Waals surface area contributed by atoms with E-state index in [1.165, 1.54) is 22.7 Å². The molecule has 26 heteroatoms. The molecule has 8 aromatic rings. The smallest absolute Gasteiger partial charge is 0.330 e. The number of hydrazone groups is 2. The molecule has 598 valence electrons. The minimum absolute atomic E-state index is 0.166. The number of esters is 8. The predicted octanol–water partition coefficient (Wildman–Crippen LogP) is 17.2. The first kappa shape index (κ1) is 84.8. The molecule has 0 saturated heterocycles. The van der Waals surface area contributed by atoms with Crippen molar-refractivity contribution in [2.45, 2.75) is 128 Å². The highest BCUT2D eigenvalue weighted by atomic mass is 32.1. The lowest BCUT2D eigenvalue weighted by molar-refractivity contribution is -0.145. The monoisotopic (exact) mass is 1590 g/mol. The molecule has 0 spiro atoms. The van der Waals surface area contributed by atoms with Crippen molar-refractivity contribution in [2.24, 2.45) is 33.9 Å². The van der Waals surface area contributed by atoms with E-state index in [1.54, 1.807) is 83.1 Å². The lowest BCUT2D eigenvalue weighted by Crippen LogP contribution is -2.30. The molecule has 0 amide bonds. The van der Waals surface area contributed by atoms with Crippen LogP contribution in [0.4, 0.5) is 10.3 Å². The second-order valence-corrected chi connectivity index (χ2v) is 29.3. The zero-order valence-corrected chi connectivity index (χ0v) is 65.6. The summed E-state index contributed by atoms with van der Waals surface area (Å²) < 4.78 is 58.8. The van der Waals surface area contributed by atoms with Gasteiger partial charge in [-0.1, -0.05) is 85.4 Å². The summed E-state index contributed by atoms with van der Waals surface area (Å²) in [5.74, 6) is -3.14. The van der Waals surface area contributed by atoms with Crippen LogP contribution in [0.15, 0.2) is 194 Å². The van der Waals surface area contributed by atoms with E-state index < -0.39 is 59.5 Å². The van der Waals surface area contributed by atoms with Gasteiger partial charge >= 0.3 is 47.8 Å². The minimum atomic E-state index is -0.542. The van der Waals surface area contributed by atoms with Crippen LogP contribution in [-0.4, -0.2) is 123 Å². The fourth-order valence-corrected chi connectivity index (χ4v) is 14.6. The van der Waals surface area contributed by atoms with E-state index in [1.807, 2.05) is 72.8 Å². The van der Waals surface area contributed by atoms with Crippen LogP contribution in [0.5, 0.6) is 34.5 Å². The molecule has 10 rings (SSSR count). The lowest BCUT2D eigenvalue weighted by atomic mass is 9.82. The Bertz CT molecular complexity index is 4300. The van der Waals surface area contributed by atoms with Crippen molar-refractivity contribution < 1.29 is 85.7 Å². The second kappa shape index (κ2) is 45.2. The molecule has 0 radical (unpaired) electrons. The number of para-hydroxylation sites is 2. The van der Waals surface area contributed by atoms with Gasteiger partial charge in [-0.2, -0.15) is 10.2 Å². The van der Waals surface area contributed by atoms with E-state index in [0.717, 1.165) is 96.1 Å². The first-order valence-electron chi connectivity index (χ1n) is 38.7. The van der Waals surface area contributed by atoms with E-state index in [0.29, 0.717) is 172 Å². The molecule has 2 heterocycles. The summed E-state index contributed by atoms with van der Waals surface area (Å²) in [5, 5.41) is 14.8. The first-order valence-corrected chi connectivity index (χ1v) is 40.4. The maximum atomic E-state index is 14.5. The number of carbonyl (C=O) groups excluding carboxylic acids is 8. The number of unbranched alkanes of at least 4 members (excludes halogenated alkanes) is 8. The van der Waals surface area contributed by atoms with Gasteiger partial charge in [0.2, 0.25) is 10.3 Å². The zero-order chi connectivity index (χ0) is 80.2. The highest BCUT2D eigenvalue weighted by Gasteiger charge is 2.35. The Morgan fingerprint density at radius 1 is 0.368 bits per heavy atom. The van der Waals surface area contributed by atoms with Crippen LogP contribution in [0.25, 0.3) is 31.6 Å². The third kappa shape index (κ3) is 26.8. The Hall–Kier alpha value is -11.6. The summed E-state index contributed by atoms with van der Waals surface area (Å²) in [5.41, 5.74) is 3.73. The van der Waals surface area contributed by atoms with Crippen molar-refractivity contribution in [3.05, 3.63) is 195 Å². The summed E-state index contributed by atoms with van der Waals surface area (Å²) in [6.45, 7) is 16.6. The molecule has 6 aromatic carbocycles. The third-order valence-electron chi connectivity index (χ3n) is 19.1. The molecule has 2 aliphatic rings. The zero-order valence-electron chi connectivity index (χ0n) is 64.0. The quantitative estimate of drug-likeness (QED) is 0.00651. The van der Waals surface area contributed by atoms with Crippen LogP contribution in [0, 0.1) is 23.7 Å². The fourth-order valence-electron chi connectivity index (χ4n) is 12.7. The summed E-state index contributed by atoms with van der Waals surface area (Å²) in [4.78, 5) is 113. The summed E-state index contributed by atoms with van der Waals surface area (Å²) in [7, 11) is 0. The van der Waals surface area contributed by atoms with Gasteiger partial charge in [0.05, 0.1) is 96.2 Å². The highest BCUT2D eigenvalue weighted by molar-refractivity contribution is 7.22. The molecule has 114 heavy (non-hydrogen) atoms. The van der Waals surface area contributed by atoms with Crippen molar-refractivity contribution >= 4 is 114 Å². The van der Waals surface area contributed by atoms with Gasteiger partial charge in [0.15, 0.2) is 0 Å². The number of aromatic nitrogens is 2. The second-order valence-electron chi connectivity index (χ2n) is 27.3. The number of anilines is 2. The summed E-state index contributed by atoms with van der Waals surface area (Å²) >= 11 is 2.91. The number of fused-ring (bicyclic) bond motifs is 2. The van der Waals surface area contributed by atoms with Gasteiger partial charge in [0, 0.05) is 48.5 Å². The van der Waals surface area contributed by atoms with Crippen molar-refractivity contribution in [1.82, 2.24) is 9.97 Å². The van der Waals surface area contributed by atoms with Crippen LogP contribution < -0.4 is 38.4 Å². The maximum Gasteiger partial charge on any atom is 0.330 e. The van der Waals surface area contributed by atoms with Crippen LogP contribution in [0.2, 0.25) is 0 Å². The molecule has 2 aromatic heterocycles. The number of hydrogen-bond donors (Lipinski definition) is 0. The molecular weight excluding hydrogens is 1490 g/mol. The third-order valence-corrected chi connectivity index (χ3v) is 21.2. The molecule has 0 atom stereocenters. The van der Waals surface area contributed by atoms with E-state index >= 15 is 0 Å². The summed E-state index contributed by atoms with van der Waals surface area (Å²) in [6, 6.07) is 40.0. The van der Waals surface area contributed by atoms with E-state index in [4.69, 9.17) is 67.5 Å². The van der Waals surface area contributed by atoms with Gasteiger partial charge in [0.1, 0.15) is 34.5 Å². The van der Waals surface area contributed by atoms with Crippen LogP contribution in [0.1, 0.15) is 140 Å². The average molecular weight is 1590 g/mol. The molecule has 2 saturated carbocycles. The maximum absolute atomic E-state index is 14.5. The predicted molar refractivity (Wildman–Crippen MR) is 438 cm³/mol. The number of thiazole rings is 2. The number of rotatable bonds is 45. The molecule has 0 unspecified atom stereocenters. The molecule has 24 nitrogen and oxygen atoms in total. The van der Waals surface area contributed by atoms with Crippen molar-refractivity contribution in [3.8, 4) is 45.6 Å². The normalized spacial score (nSPS) is 15.3. The molecule has 0 bridgehead atoms. The van der Waals surface area contributed by atoms with Crippen LogP contribution in [-0.2, 0) is 57.3 Å². The van der Waals surface area contributed by atoms with Crippen molar-refractivity contribution in [3.63, 3.8) is 0 Å². The highest BCUT2D eigenvalue weighted by Crippen LogP contribution is 2.38. The Labute approximate surface area is 671 Å². The molecule has 0 aliphatic heterocycles. The van der Waals surface area contributed by atoms with Gasteiger partial charge in [-0.15, -0.1) is 0 Å². The number of carbonyl (C=O) groups is 8. The van der Waals surface area contributed by atoms with Gasteiger partial charge < -0.3 is 47.4 Å². The van der Waals surface area contributed by atoms with E-state index in [9.17, 15) is 38.4 Å². The Kier molecular flexibility index (Phi) is 33.6. The van der Waals surface area contributed by atoms with Gasteiger partial charge in [-0.25, -0.2) is 39.2 Å². The molecular formula is C88H96N6O18S2. The average Bonchev–Trinajstić information content (AvgIpc) is 1.24. The Morgan fingerprint density at radius 2 is 0.675 bits per heavy atom. The number of ether oxygens (including phenoxy) is 10. The fraction of sp³-hybridized carbons (Fsp3) is 0.364. The van der Waals surface area contributed by atoms with Gasteiger partial charge in [0.25, 0.3) is 0 Å². The van der Waals surface area contributed by atoms with E-state index in [-0.39, 0.29) is 36.7 Å². The number of nitrogens with zero attached hydrogens (tertiary/aromatic N) is 6.